The third-order valence-corrected chi connectivity index (χ3v) is 2.86. The molecule has 86 valence electrons. The third kappa shape index (κ3) is 1.60. The molecule has 17 heavy (non-hydrogen) atoms. The average molecular weight is 228 g/mol. The van der Waals surface area contributed by atoms with E-state index in [1.165, 1.54) is 0 Å². The van der Waals surface area contributed by atoms with Gasteiger partial charge < -0.3 is 4.42 Å². The van der Waals surface area contributed by atoms with Crippen molar-refractivity contribution >= 4 is 10.9 Å². The Balaban J connectivity index is 2.16. The van der Waals surface area contributed by atoms with Gasteiger partial charge in [-0.2, -0.15) is 15.3 Å². The van der Waals surface area contributed by atoms with E-state index in [2.05, 4.69) is 15.3 Å². The molecule has 3 heterocycles. The monoisotopic (exact) mass is 228 g/mol. The van der Waals surface area contributed by atoms with E-state index < -0.39 is 0 Å². The van der Waals surface area contributed by atoms with Gasteiger partial charge in [-0.1, -0.05) is 0 Å². The van der Waals surface area contributed by atoms with Crippen molar-refractivity contribution in [3.05, 3.63) is 41.7 Å². The molecular formula is C12H12N4O. The van der Waals surface area contributed by atoms with Gasteiger partial charge in [-0.3, -0.25) is 4.68 Å². The van der Waals surface area contributed by atoms with Crippen LogP contribution in [0.5, 0.6) is 0 Å². The van der Waals surface area contributed by atoms with E-state index in [0.717, 1.165) is 27.9 Å². The standard InChI is InChI=1S/C12H12N4O/c1-8-10-6-13-14-11(12(10)16(2)15-8)5-9-3-4-17-7-9/h3-4,6-7H,5H2,1-2H3. The quantitative estimate of drug-likeness (QED) is 0.671. The first kappa shape index (κ1) is 10.0. The first-order valence-corrected chi connectivity index (χ1v) is 5.40. The predicted molar refractivity (Wildman–Crippen MR) is 62.6 cm³/mol. The molecule has 0 N–H and O–H groups in total. The number of hydrogen-bond acceptors (Lipinski definition) is 4. The largest absolute Gasteiger partial charge is 0.472 e. The minimum Gasteiger partial charge on any atom is -0.472 e. The van der Waals surface area contributed by atoms with Gasteiger partial charge >= 0.3 is 0 Å². The van der Waals surface area contributed by atoms with Crippen molar-refractivity contribution < 1.29 is 4.42 Å². The van der Waals surface area contributed by atoms with Crippen LogP contribution in [0.1, 0.15) is 17.0 Å². The van der Waals surface area contributed by atoms with Crippen LogP contribution >= 0.6 is 0 Å². The summed E-state index contributed by atoms with van der Waals surface area (Å²) in [4.78, 5) is 0. The van der Waals surface area contributed by atoms with Crippen LogP contribution < -0.4 is 0 Å². The van der Waals surface area contributed by atoms with Gasteiger partial charge in [-0.25, -0.2) is 0 Å². The van der Waals surface area contributed by atoms with Crippen molar-refractivity contribution in [1.82, 2.24) is 20.0 Å². The molecule has 0 fully saturated rings. The van der Waals surface area contributed by atoms with Gasteiger partial charge in [0.1, 0.15) is 0 Å². The molecule has 5 heteroatoms. The van der Waals surface area contributed by atoms with Gasteiger partial charge in [0.15, 0.2) is 0 Å². The van der Waals surface area contributed by atoms with Crippen LogP contribution in [0, 0.1) is 6.92 Å². The van der Waals surface area contributed by atoms with Crippen molar-refractivity contribution in [2.24, 2.45) is 7.05 Å². The molecule has 0 radical (unpaired) electrons. The van der Waals surface area contributed by atoms with Crippen molar-refractivity contribution in [2.45, 2.75) is 13.3 Å². The smallest absolute Gasteiger partial charge is 0.0938 e. The fraction of sp³-hybridized carbons (Fsp3) is 0.250. The van der Waals surface area contributed by atoms with Crippen molar-refractivity contribution in [3.63, 3.8) is 0 Å². The lowest BCUT2D eigenvalue weighted by Crippen LogP contribution is -1.99. The number of aromatic nitrogens is 4. The Morgan fingerprint density at radius 3 is 3.06 bits per heavy atom. The van der Waals surface area contributed by atoms with Crippen molar-refractivity contribution in [1.29, 1.82) is 0 Å². The SMILES string of the molecule is Cc1nn(C)c2c(Cc3ccoc3)nncc12. The van der Waals surface area contributed by atoms with E-state index in [9.17, 15) is 0 Å². The van der Waals surface area contributed by atoms with Crippen LogP contribution in [0.4, 0.5) is 0 Å². The van der Waals surface area contributed by atoms with Crippen LogP contribution in [0.3, 0.4) is 0 Å². The summed E-state index contributed by atoms with van der Waals surface area (Å²) >= 11 is 0. The van der Waals surface area contributed by atoms with Gasteiger partial charge in [-0.05, 0) is 18.6 Å². The van der Waals surface area contributed by atoms with Crippen LogP contribution in [-0.4, -0.2) is 20.0 Å². The van der Waals surface area contributed by atoms with E-state index in [4.69, 9.17) is 4.42 Å². The maximum Gasteiger partial charge on any atom is 0.0938 e. The Bertz CT molecular complexity index is 655. The molecule has 0 saturated heterocycles. The van der Waals surface area contributed by atoms with E-state index in [1.807, 2.05) is 24.7 Å². The summed E-state index contributed by atoms with van der Waals surface area (Å²) in [6.07, 6.45) is 5.86. The molecule has 3 aromatic rings. The van der Waals surface area contributed by atoms with Crippen LogP contribution in [-0.2, 0) is 13.5 Å². The molecule has 0 spiro atoms. The molecule has 0 atom stereocenters. The first-order valence-electron chi connectivity index (χ1n) is 5.40. The predicted octanol–water partition coefficient (Wildman–Crippen LogP) is 1.86. The summed E-state index contributed by atoms with van der Waals surface area (Å²) < 4.78 is 6.92. The van der Waals surface area contributed by atoms with E-state index >= 15 is 0 Å². The summed E-state index contributed by atoms with van der Waals surface area (Å²) in [5.74, 6) is 0. The molecule has 0 aliphatic rings. The lowest BCUT2D eigenvalue weighted by atomic mass is 10.1. The summed E-state index contributed by atoms with van der Waals surface area (Å²) in [6.45, 7) is 1.98. The molecule has 0 aliphatic carbocycles. The maximum atomic E-state index is 5.06. The second kappa shape index (κ2) is 3.69. The van der Waals surface area contributed by atoms with Crippen LogP contribution in [0.15, 0.2) is 29.2 Å². The van der Waals surface area contributed by atoms with Crippen molar-refractivity contribution in [2.75, 3.05) is 0 Å². The molecule has 0 bridgehead atoms. The molecule has 0 aromatic carbocycles. The lowest BCUT2D eigenvalue weighted by Gasteiger charge is -2.01. The summed E-state index contributed by atoms with van der Waals surface area (Å²) in [5, 5.41) is 13.7. The molecule has 0 amide bonds. The minimum atomic E-state index is 0.708. The fourth-order valence-corrected chi connectivity index (χ4v) is 2.08. The van der Waals surface area contributed by atoms with Crippen molar-refractivity contribution in [3.8, 4) is 0 Å². The minimum absolute atomic E-state index is 0.708. The Morgan fingerprint density at radius 2 is 2.29 bits per heavy atom. The van der Waals surface area contributed by atoms with Crippen LogP contribution in [0.2, 0.25) is 0 Å². The Kier molecular flexibility index (Phi) is 2.18. The van der Waals surface area contributed by atoms with Gasteiger partial charge in [0, 0.05) is 18.9 Å². The van der Waals surface area contributed by atoms with E-state index in [1.54, 1.807) is 18.7 Å². The summed E-state index contributed by atoms with van der Waals surface area (Å²) in [5.41, 5.74) is 4.03. The topological polar surface area (TPSA) is 56.7 Å². The van der Waals surface area contributed by atoms with Gasteiger partial charge in [0.25, 0.3) is 0 Å². The zero-order valence-corrected chi connectivity index (χ0v) is 9.71. The van der Waals surface area contributed by atoms with Gasteiger partial charge in [0.05, 0.1) is 35.6 Å². The first-order chi connectivity index (χ1) is 8.25. The van der Waals surface area contributed by atoms with Gasteiger partial charge in [-0.15, -0.1) is 0 Å². The number of rotatable bonds is 2. The molecule has 0 saturated carbocycles. The molecule has 0 aliphatic heterocycles. The fourth-order valence-electron chi connectivity index (χ4n) is 2.08. The van der Waals surface area contributed by atoms with E-state index in [-0.39, 0.29) is 0 Å². The van der Waals surface area contributed by atoms with E-state index in [0.29, 0.717) is 6.42 Å². The zero-order valence-electron chi connectivity index (χ0n) is 9.71. The Morgan fingerprint density at radius 1 is 1.41 bits per heavy atom. The Labute approximate surface area is 98.1 Å². The molecular weight excluding hydrogens is 216 g/mol. The number of furan rings is 1. The van der Waals surface area contributed by atoms with Gasteiger partial charge in [0.2, 0.25) is 0 Å². The second-order valence-corrected chi connectivity index (χ2v) is 4.07. The lowest BCUT2D eigenvalue weighted by molar-refractivity contribution is 0.564. The molecule has 3 aromatic heterocycles. The average Bonchev–Trinajstić information content (AvgIpc) is 2.90. The maximum absolute atomic E-state index is 5.06. The summed E-state index contributed by atoms with van der Waals surface area (Å²) in [6, 6.07) is 1.93. The number of fused-ring (bicyclic) bond motifs is 1. The zero-order chi connectivity index (χ0) is 11.8. The Hall–Kier alpha value is -2.17. The van der Waals surface area contributed by atoms with Crippen LogP contribution in [0.25, 0.3) is 10.9 Å². The highest BCUT2D eigenvalue weighted by atomic mass is 16.3. The highest BCUT2D eigenvalue weighted by Gasteiger charge is 2.12. The second-order valence-electron chi connectivity index (χ2n) is 4.07. The molecule has 5 nitrogen and oxygen atoms in total. The summed E-state index contributed by atoms with van der Waals surface area (Å²) in [7, 11) is 1.93. The molecule has 0 unspecified atom stereocenters. The number of nitrogens with zero attached hydrogens (tertiary/aromatic N) is 4. The highest BCUT2D eigenvalue weighted by Crippen LogP contribution is 2.20. The molecule has 3 rings (SSSR count). The highest BCUT2D eigenvalue weighted by molar-refractivity contribution is 5.82. The number of hydrogen-bond donors (Lipinski definition) is 0. The number of aryl methyl sites for hydroxylation is 2. The third-order valence-electron chi connectivity index (χ3n) is 2.86. The normalized spacial score (nSPS) is 11.2.